The molecule has 0 atom stereocenters. The number of hydrogen-bond donors (Lipinski definition) is 0. The topological polar surface area (TPSA) is 0 Å². The molecule has 0 heterocycles. The summed E-state index contributed by atoms with van der Waals surface area (Å²) in [5.74, 6) is 0. The van der Waals surface area contributed by atoms with Gasteiger partial charge in [0, 0.05) is 0 Å². The van der Waals surface area contributed by atoms with E-state index in [9.17, 15) is 0 Å². The maximum Gasteiger partial charge on any atom is -0.0145 e. The Bertz CT molecular complexity index is 304. The van der Waals surface area contributed by atoms with Crippen molar-refractivity contribution in [1.82, 2.24) is 0 Å². The molecule has 0 aliphatic rings. The lowest BCUT2D eigenvalue weighted by atomic mass is 9.71. The molecule has 0 rings (SSSR count). The number of rotatable bonds is 5. The standard InChI is InChI=1S/C18H34/c1-13(2)15(5)17(7,8)11-12-18(9,10)16(6)14(3)4/h11-12H2,1-10H3. The Morgan fingerprint density at radius 3 is 0.944 bits per heavy atom. The van der Waals surface area contributed by atoms with Crippen LogP contribution < -0.4 is 0 Å². The van der Waals surface area contributed by atoms with Gasteiger partial charge < -0.3 is 0 Å². The molecule has 0 heteroatoms. The predicted molar refractivity (Wildman–Crippen MR) is 84.9 cm³/mol. The molecule has 106 valence electrons. The van der Waals surface area contributed by atoms with Crippen molar-refractivity contribution in [3.63, 3.8) is 0 Å². The summed E-state index contributed by atoms with van der Waals surface area (Å²) in [6, 6.07) is 0. The molecule has 0 nitrogen and oxygen atoms in total. The minimum Gasteiger partial charge on any atom is -0.0770 e. The van der Waals surface area contributed by atoms with E-state index < -0.39 is 0 Å². The SMILES string of the molecule is CC(C)=C(C)C(C)(C)CCC(C)(C)C(C)=C(C)C. The minimum atomic E-state index is 0.317. The van der Waals surface area contributed by atoms with Crippen molar-refractivity contribution in [2.24, 2.45) is 10.8 Å². The van der Waals surface area contributed by atoms with Crippen LogP contribution in [0.25, 0.3) is 0 Å². The minimum absolute atomic E-state index is 0.317. The molecule has 0 radical (unpaired) electrons. The highest BCUT2D eigenvalue weighted by Gasteiger charge is 2.27. The first-order valence-corrected chi connectivity index (χ1v) is 7.21. The van der Waals surface area contributed by atoms with Gasteiger partial charge in [0.25, 0.3) is 0 Å². The van der Waals surface area contributed by atoms with E-state index in [1.807, 2.05) is 0 Å². The molecule has 0 saturated carbocycles. The van der Waals surface area contributed by atoms with E-state index in [1.165, 1.54) is 24.0 Å². The van der Waals surface area contributed by atoms with Crippen molar-refractivity contribution in [3.8, 4) is 0 Å². The second-order valence-electron chi connectivity index (χ2n) is 7.52. The zero-order valence-electron chi connectivity index (χ0n) is 14.4. The Balaban J connectivity index is 4.89. The van der Waals surface area contributed by atoms with Gasteiger partial charge in [-0.05, 0) is 65.2 Å². The molecule has 0 aromatic rings. The van der Waals surface area contributed by atoms with Crippen LogP contribution in [0.1, 0.15) is 82.1 Å². The molecule has 0 N–H and O–H groups in total. The van der Waals surface area contributed by atoms with Gasteiger partial charge >= 0.3 is 0 Å². The van der Waals surface area contributed by atoms with Gasteiger partial charge in [0.1, 0.15) is 0 Å². The van der Waals surface area contributed by atoms with Crippen molar-refractivity contribution in [3.05, 3.63) is 22.3 Å². The third kappa shape index (κ3) is 4.63. The van der Waals surface area contributed by atoms with E-state index in [2.05, 4.69) is 69.2 Å². The lowest BCUT2D eigenvalue weighted by Crippen LogP contribution is -2.21. The van der Waals surface area contributed by atoms with Crippen LogP contribution in [0.4, 0.5) is 0 Å². The molecular weight excluding hydrogens is 216 g/mol. The van der Waals surface area contributed by atoms with E-state index >= 15 is 0 Å². The first kappa shape index (κ1) is 17.5. The van der Waals surface area contributed by atoms with Crippen LogP contribution in [0, 0.1) is 10.8 Å². The monoisotopic (exact) mass is 250 g/mol. The third-order valence-electron chi connectivity index (χ3n) is 4.91. The lowest BCUT2D eigenvalue weighted by molar-refractivity contribution is 0.301. The second kappa shape index (κ2) is 6.08. The van der Waals surface area contributed by atoms with E-state index in [0.29, 0.717) is 10.8 Å². The zero-order valence-corrected chi connectivity index (χ0v) is 14.4. The summed E-state index contributed by atoms with van der Waals surface area (Å²) in [6.07, 6.45) is 2.50. The normalized spacial score (nSPS) is 12.3. The third-order valence-corrected chi connectivity index (χ3v) is 4.91. The quantitative estimate of drug-likeness (QED) is 0.486. The van der Waals surface area contributed by atoms with Crippen LogP contribution >= 0.6 is 0 Å². The predicted octanol–water partition coefficient (Wildman–Crippen LogP) is 6.53. The highest BCUT2D eigenvalue weighted by molar-refractivity contribution is 5.18. The Labute approximate surface area is 116 Å². The maximum absolute atomic E-state index is 2.38. The molecule has 18 heavy (non-hydrogen) atoms. The molecule has 0 fully saturated rings. The fraction of sp³-hybridized carbons (Fsp3) is 0.778. The number of hydrogen-bond acceptors (Lipinski definition) is 0. The van der Waals surface area contributed by atoms with Crippen LogP contribution in [0.5, 0.6) is 0 Å². The molecule has 0 amide bonds. The maximum atomic E-state index is 2.38. The van der Waals surface area contributed by atoms with Gasteiger partial charge in [-0.25, -0.2) is 0 Å². The van der Waals surface area contributed by atoms with E-state index in [0.717, 1.165) is 0 Å². The van der Waals surface area contributed by atoms with Crippen LogP contribution in [0.2, 0.25) is 0 Å². The molecule has 0 aromatic carbocycles. The summed E-state index contributed by atoms with van der Waals surface area (Å²) in [5.41, 5.74) is 6.67. The van der Waals surface area contributed by atoms with Crippen LogP contribution in [0.15, 0.2) is 22.3 Å². The fourth-order valence-corrected chi connectivity index (χ4v) is 2.35. The van der Waals surface area contributed by atoms with E-state index in [4.69, 9.17) is 0 Å². The smallest absolute Gasteiger partial charge is 0.0145 e. The first-order chi connectivity index (χ1) is 7.92. The van der Waals surface area contributed by atoms with Gasteiger partial charge in [-0.15, -0.1) is 0 Å². The highest BCUT2D eigenvalue weighted by Crippen LogP contribution is 2.40. The summed E-state index contributed by atoms with van der Waals surface area (Å²) >= 11 is 0. The summed E-state index contributed by atoms with van der Waals surface area (Å²) < 4.78 is 0. The Morgan fingerprint density at radius 2 is 0.778 bits per heavy atom. The van der Waals surface area contributed by atoms with Gasteiger partial charge in [-0.2, -0.15) is 0 Å². The van der Waals surface area contributed by atoms with Gasteiger partial charge in [0.05, 0.1) is 0 Å². The molecule has 0 aliphatic heterocycles. The molecule has 0 bridgehead atoms. The fourth-order valence-electron chi connectivity index (χ4n) is 2.35. The highest BCUT2D eigenvalue weighted by atomic mass is 14.3. The molecule has 0 spiro atoms. The van der Waals surface area contributed by atoms with Crippen molar-refractivity contribution in [2.75, 3.05) is 0 Å². The van der Waals surface area contributed by atoms with Crippen LogP contribution in [0.3, 0.4) is 0 Å². The van der Waals surface area contributed by atoms with Gasteiger partial charge in [0.15, 0.2) is 0 Å². The lowest BCUT2D eigenvalue weighted by Gasteiger charge is -2.34. The summed E-state index contributed by atoms with van der Waals surface area (Å²) in [6.45, 7) is 23.0. The van der Waals surface area contributed by atoms with E-state index in [1.54, 1.807) is 11.1 Å². The zero-order chi connectivity index (χ0) is 14.7. The summed E-state index contributed by atoms with van der Waals surface area (Å²) in [4.78, 5) is 0. The van der Waals surface area contributed by atoms with Gasteiger partial charge in [-0.1, -0.05) is 50.0 Å². The van der Waals surface area contributed by atoms with Crippen molar-refractivity contribution in [2.45, 2.75) is 82.1 Å². The average molecular weight is 250 g/mol. The number of allylic oxidation sites excluding steroid dienone is 4. The largest absolute Gasteiger partial charge is 0.0770 e. The van der Waals surface area contributed by atoms with Crippen LogP contribution in [-0.4, -0.2) is 0 Å². The van der Waals surface area contributed by atoms with Crippen molar-refractivity contribution < 1.29 is 0 Å². The Morgan fingerprint density at radius 1 is 0.556 bits per heavy atom. The van der Waals surface area contributed by atoms with Crippen LogP contribution in [-0.2, 0) is 0 Å². The molecule has 0 unspecified atom stereocenters. The Kier molecular flexibility index (Phi) is 5.91. The summed E-state index contributed by atoms with van der Waals surface area (Å²) in [7, 11) is 0. The van der Waals surface area contributed by atoms with Crippen molar-refractivity contribution >= 4 is 0 Å². The van der Waals surface area contributed by atoms with E-state index in [-0.39, 0.29) is 0 Å². The summed E-state index contributed by atoms with van der Waals surface area (Å²) in [5, 5.41) is 0. The Hall–Kier alpha value is -0.520. The molecule has 0 aliphatic carbocycles. The van der Waals surface area contributed by atoms with Crippen molar-refractivity contribution in [1.29, 1.82) is 0 Å². The first-order valence-electron chi connectivity index (χ1n) is 7.21. The average Bonchev–Trinajstić information content (AvgIpc) is 2.24. The molecular formula is C18H34. The second-order valence-corrected chi connectivity index (χ2v) is 7.52. The molecule has 0 saturated heterocycles. The van der Waals surface area contributed by atoms with Gasteiger partial charge in [-0.3, -0.25) is 0 Å². The van der Waals surface area contributed by atoms with Gasteiger partial charge in [0.2, 0.25) is 0 Å². The molecule has 0 aromatic heterocycles.